The Morgan fingerprint density at radius 3 is 2.32 bits per heavy atom. The maximum atomic E-state index is 12.4. The van der Waals surface area contributed by atoms with Gasteiger partial charge in [0.05, 0.1) is 26.3 Å². The lowest BCUT2D eigenvalue weighted by molar-refractivity contribution is -0.115. The van der Waals surface area contributed by atoms with Gasteiger partial charge < -0.3 is 14.8 Å². The van der Waals surface area contributed by atoms with Gasteiger partial charge in [0.25, 0.3) is 0 Å². The molecule has 4 aromatic rings. The van der Waals surface area contributed by atoms with Crippen LogP contribution in [-0.2, 0) is 17.6 Å². The van der Waals surface area contributed by atoms with E-state index in [2.05, 4.69) is 20.5 Å². The van der Waals surface area contributed by atoms with E-state index in [1.807, 2.05) is 53.9 Å². The van der Waals surface area contributed by atoms with Crippen LogP contribution >= 0.6 is 22.7 Å². The minimum atomic E-state index is -0.168. The topological polar surface area (TPSA) is 86.2 Å². The van der Waals surface area contributed by atoms with Crippen molar-refractivity contribution in [2.24, 2.45) is 0 Å². The Labute approximate surface area is 187 Å². The second kappa shape index (κ2) is 9.67. The largest absolute Gasteiger partial charge is 0.497 e. The van der Waals surface area contributed by atoms with Crippen molar-refractivity contribution in [1.82, 2.24) is 15.2 Å². The molecule has 0 aliphatic carbocycles. The number of thiazole rings is 1. The van der Waals surface area contributed by atoms with Crippen molar-refractivity contribution in [3.8, 4) is 22.1 Å². The molecule has 0 saturated heterocycles. The Kier molecular flexibility index (Phi) is 6.54. The number of hydrogen-bond donors (Lipinski definition) is 1. The van der Waals surface area contributed by atoms with Crippen LogP contribution in [0.2, 0.25) is 0 Å². The van der Waals surface area contributed by atoms with Crippen molar-refractivity contribution in [2.75, 3.05) is 19.5 Å². The molecule has 0 aliphatic rings. The molecule has 158 valence electrons. The lowest BCUT2D eigenvalue weighted by atomic mass is 10.1. The van der Waals surface area contributed by atoms with E-state index in [0.29, 0.717) is 11.6 Å². The lowest BCUT2D eigenvalue weighted by Gasteiger charge is -2.01. The number of carbonyl (C=O) groups excluding carboxylic acids is 1. The molecular weight excluding hydrogens is 432 g/mol. The fraction of sp³-hybridized carbons (Fsp3) is 0.182. The molecule has 7 nitrogen and oxygen atoms in total. The predicted octanol–water partition coefficient (Wildman–Crippen LogP) is 4.45. The van der Waals surface area contributed by atoms with Gasteiger partial charge in [-0.1, -0.05) is 23.5 Å². The number of methoxy groups -OCH3 is 2. The molecule has 4 rings (SSSR count). The highest BCUT2D eigenvalue weighted by molar-refractivity contribution is 7.15. The Hall–Kier alpha value is -3.30. The van der Waals surface area contributed by atoms with Crippen molar-refractivity contribution >= 4 is 33.7 Å². The molecular formula is C22H20N4O3S2. The van der Waals surface area contributed by atoms with Crippen LogP contribution in [0.3, 0.4) is 0 Å². The molecule has 0 atom stereocenters. The van der Waals surface area contributed by atoms with Crippen molar-refractivity contribution in [3.05, 3.63) is 70.2 Å². The van der Waals surface area contributed by atoms with Crippen molar-refractivity contribution in [1.29, 1.82) is 0 Å². The standard InChI is InChI=1S/C22H20N4O3S2/c1-28-17-7-3-14(4-8-17)11-20-25-26-22(31-20)24-19(27)12-16-13-30-21(23-16)15-5-9-18(29-2)10-6-15/h3-10,13H,11-12H2,1-2H3,(H,24,26,27). The first kappa shape index (κ1) is 21.0. The molecule has 0 unspecified atom stereocenters. The van der Waals surface area contributed by atoms with Gasteiger partial charge in [0, 0.05) is 17.4 Å². The summed E-state index contributed by atoms with van der Waals surface area (Å²) in [6, 6.07) is 15.5. The first-order chi connectivity index (χ1) is 15.1. The van der Waals surface area contributed by atoms with Gasteiger partial charge in [-0.2, -0.15) is 0 Å². The van der Waals surface area contributed by atoms with Crippen molar-refractivity contribution < 1.29 is 14.3 Å². The third-order valence-corrected chi connectivity index (χ3v) is 6.24. The Morgan fingerprint density at radius 1 is 0.968 bits per heavy atom. The molecule has 2 heterocycles. The molecule has 2 aromatic carbocycles. The molecule has 9 heteroatoms. The highest BCUT2D eigenvalue weighted by Gasteiger charge is 2.12. The summed E-state index contributed by atoms with van der Waals surface area (Å²) in [5.41, 5.74) is 2.81. The zero-order valence-electron chi connectivity index (χ0n) is 17.0. The maximum absolute atomic E-state index is 12.4. The fourth-order valence-electron chi connectivity index (χ4n) is 2.88. The van der Waals surface area contributed by atoms with Gasteiger partial charge in [0.15, 0.2) is 0 Å². The van der Waals surface area contributed by atoms with E-state index >= 15 is 0 Å². The smallest absolute Gasteiger partial charge is 0.232 e. The van der Waals surface area contributed by atoms with Gasteiger partial charge in [-0.3, -0.25) is 4.79 Å². The van der Waals surface area contributed by atoms with Crippen molar-refractivity contribution in [2.45, 2.75) is 12.8 Å². The number of nitrogens with zero attached hydrogens (tertiary/aromatic N) is 3. The van der Waals surface area contributed by atoms with Crippen LogP contribution in [0.15, 0.2) is 53.9 Å². The van der Waals surface area contributed by atoms with Crippen LogP contribution in [0.5, 0.6) is 11.5 Å². The average molecular weight is 453 g/mol. The van der Waals surface area contributed by atoms with E-state index in [1.54, 1.807) is 14.2 Å². The third-order valence-electron chi connectivity index (χ3n) is 4.46. The number of nitrogens with one attached hydrogen (secondary N) is 1. The summed E-state index contributed by atoms with van der Waals surface area (Å²) in [5.74, 6) is 1.44. The molecule has 0 fully saturated rings. The quantitative estimate of drug-likeness (QED) is 0.425. The molecule has 2 aromatic heterocycles. The van der Waals surface area contributed by atoms with Gasteiger partial charge in [0.2, 0.25) is 11.0 Å². The number of amides is 1. The van der Waals surface area contributed by atoms with Gasteiger partial charge in [-0.05, 0) is 42.0 Å². The average Bonchev–Trinajstić information content (AvgIpc) is 3.44. The van der Waals surface area contributed by atoms with Gasteiger partial charge in [0.1, 0.15) is 21.5 Å². The fourth-order valence-corrected chi connectivity index (χ4v) is 4.49. The summed E-state index contributed by atoms with van der Waals surface area (Å²) in [5, 5.41) is 15.1. The van der Waals surface area contributed by atoms with E-state index in [9.17, 15) is 4.79 Å². The monoisotopic (exact) mass is 452 g/mol. The molecule has 31 heavy (non-hydrogen) atoms. The summed E-state index contributed by atoms with van der Waals surface area (Å²) < 4.78 is 10.3. The summed E-state index contributed by atoms with van der Waals surface area (Å²) in [6.07, 6.45) is 0.828. The van der Waals surface area contributed by atoms with E-state index in [0.717, 1.165) is 38.3 Å². The van der Waals surface area contributed by atoms with E-state index < -0.39 is 0 Å². The summed E-state index contributed by atoms with van der Waals surface area (Å²) in [4.78, 5) is 17.0. The summed E-state index contributed by atoms with van der Waals surface area (Å²) in [7, 11) is 3.27. The Bertz CT molecular complexity index is 1150. The number of aromatic nitrogens is 3. The minimum absolute atomic E-state index is 0.168. The second-order valence-corrected chi connectivity index (χ2v) is 8.54. The first-order valence-corrected chi connectivity index (χ1v) is 11.2. The molecule has 0 bridgehead atoms. The van der Waals surface area contributed by atoms with E-state index in [1.165, 1.54) is 22.7 Å². The maximum Gasteiger partial charge on any atom is 0.232 e. The van der Waals surface area contributed by atoms with Crippen molar-refractivity contribution in [3.63, 3.8) is 0 Å². The third kappa shape index (κ3) is 5.44. The number of rotatable bonds is 8. The van der Waals surface area contributed by atoms with E-state index in [-0.39, 0.29) is 12.3 Å². The first-order valence-electron chi connectivity index (χ1n) is 9.47. The number of carbonyl (C=O) groups is 1. The van der Waals surface area contributed by atoms with Gasteiger partial charge in [-0.25, -0.2) is 4.98 Å². The van der Waals surface area contributed by atoms with Crippen LogP contribution in [-0.4, -0.2) is 35.3 Å². The molecule has 0 radical (unpaired) electrons. The Morgan fingerprint density at radius 2 is 1.65 bits per heavy atom. The molecule has 0 spiro atoms. The van der Waals surface area contributed by atoms with Gasteiger partial charge >= 0.3 is 0 Å². The second-order valence-electron chi connectivity index (χ2n) is 6.62. The predicted molar refractivity (Wildman–Crippen MR) is 122 cm³/mol. The number of hydrogen-bond acceptors (Lipinski definition) is 8. The number of benzene rings is 2. The zero-order valence-corrected chi connectivity index (χ0v) is 18.6. The normalized spacial score (nSPS) is 10.6. The summed E-state index contributed by atoms with van der Waals surface area (Å²) in [6.45, 7) is 0. The zero-order chi connectivity index (χ0) is 21.6. The highest BCUT2D eigenvalue weighted by Crippen LogP contribution is 2.26. The molecule has 0 aliphatic heterocycles. The van der Waals surface area contributed by atoms with E-state index in [4.69, 9.17) is 9.47 Å². The highest BCUT2D eigenvalue weighted by atomic mass is 32.1. The Balaban J connectivity index is 1.33. The van der Waals surface area contributed by atoms with Crippen LogP contribution in [0.4, 0.5) is 5.13 Å². The van der Waals surface area contributed by atoms with Gasteiger partial charge in [-0.15, -0.1) is 21.5 Å². The van der Waals surface area contributed by atoms with Crippen LogP contribution in [0, 0.1) is 0 Å². The summed E-state index contributed by atoms with van der Waals surface area (Å²) >= 11 is 2.87. The minimum Gasteiger partial charge on any atom is -0.497 e. The van der Waals surface area contributed by atoms with Crippen LogP contribution in [0.1, 0.15) is 16.3 Å². The number of ether oxygens (including phenoxy) is 2. The number of anilines is 1. The van der Waals surface area contributed by atoms with Crippen LogP contribution < -0.4 is 14.8 Å². The molecule has 1 amide bonds. The molecule has 0 saturated carbocycles. The lowest BCUT2D eigenvalue weighted by Crippen LogP contribution is -2.14. The molecule has 1 N–H and O–H groups in total. The van der Waals surface area contributed by atoms with Crippen LogP contribution in [0.25, 0.3) is 10.6 Å². The SMILES string of the molecule is COc1ccc(Cc2nnc(NC(=O)Cc3csc(-c4ccc(OC)cc4)n3)s2)cc1.